The molecule has 0 bridgehead atoms. The van der Waals surface area contributed by atoms with Gasteiger partial charge >= 0.3 is 5.97 Å². The maximum atomic E-state index is 13.0. The van der Waals surface area contributed by atoms with Crippen molar-refractivity contribution in [1.82, 2.24) is 24.9 Å². The van der Waals surface area contributed by atoms with Crippen LogP contribution in [-0.2, 0) is 11.3 Å². The van der Waals surface area contributed by atoms with Crippen LogP contribution >= 0.6 is 11.6 Å². The number of carbonyl (C=O) groups is 1. The van der Waals surface area contributed by atoms with E-state index in [2.05, 4.69) is 20.2 Å². The number of hydrogen-bond donors (Lipinski definition) is 0. The number of aromatic nitrogens is 5. The number of benzene rings is 1. The van der Waals surface area contributed by atoms with E-state index in [1.54, 1.807) is 16.8 Å². The lowest BCUT2D eigenvalue weighted by Gasteiger charge is -2.07. The van der Waals surface area contributed by atoms with Crippen molar-refractivity contribution in [2.24, 2.45) is 0 Å². The number of hydrogen-bond acceptors (Lipinski definition) is 7. The standard InChI is InChI=1S/C20H15ClFN5O3/c1-11-9-12(2)27(25-11)17-8-7-15(21)18(24-17)20(28)29-10-16-23-19(30-26-16)13-3-5-14(22)6-4-13/h3-9H,10H2,1-2H3. The first kappa shape index (κ1) is 19.7. The maximum absolute atomic E-state index is 13.0. The molecule has 4 rings (SSSR count). The third kappa shape index (κ3) is 4.06. The minimum Gasteiger partial charge on any atom is -0.453 e. The summed E-state index contributed by atoms with van der Waals surface area (Å²) in [5.74, 6) is -0.344. The first-order valence-corrected chi connectivity index (χ1v) is 9.24. The number of rotatable bonds is 5. The van der Waals surface area contributed by atoms with Crippen molar-refractivity contribution in [2.45, 2.75) is 20.5 Å². The number of halogens is 2. The van der Waals surface area contributed by atoms with Crippen molar-refractivity contribution in [3.05, 3.63) is 76.2 Å². The van der Waals surface area contributed by atoms with Crippen molar-refractivity contribution in [3.8, 4) is 17.3 Å². The molecule has 0 saturated carbocycles. The zero-order valence-electron chi connectivity index (χ0n) is 16.0. The lowest BCUT2D eigenvalue weighted by Crippen LogP contribution is -2.12. The molecule has 0 amide bonds. The molecular weight excluding hydrogens is 413 g/mol. The molecule has 0 aliphatic heterocycles. The van der Waals surface area contributed by atoms with Crippen LogP contribution in [0.25, 0.3) is 17.3 Å². The lowest BCUT2D eigenvalue weighted by atomic mass is 10.2. The summed E-state index contributed by atoms with van der Waals surface area (Å²) in [6, 6.07) is 10.7. The Morgan fingerprint density at radius 2 is 1.93 bits per heavy atom. The number of nitrogens with zero attached hydrogens (tertiary/aromatic N) is 5. The van der Waals surface area contributed by atoms with Gasteiger partial charge in [0.2, 0.25) is 5.82 Å². The van der Waals surface area contributed by atoms with E-state index in [0.29, 0.717) is 11.4 Å². The Labute approximate surface area is 175 Å². The molecule has 30 heavy (non-hydrogen) atoms. The van der Waals surface area contributed by atoms with Crippen LogP contribution < -0.4 is 0 Å². The predicted octanol–water partition coefficient (Wildman–Crippen LogP) is 4.08. The molecule has 0 atom stereocenters. The van der Waals surface area contributed by atoms with Gasteiger partial charge in [-0.2, -0.15) is 10.1 Å². The Morgan fingerprint density at radius 1 is 1.17 bits per heavy atom. The van der Waals surface area contributed by atoms with Gasteiger partial charge in [0.05, 0.1) is 10.7 Å². The molecule has 0 aliphatic carbocycles. The Kier molecular flexibility index (Phi) is 5.28. The molecule has 3 heterocycles. The van der Waals surface area contributed by atoms with E-state index < -0.39 is 5.97 Å². The number of aryl methyl sites for hydroxylation is 2. The lowest BCUT2D eigenvalue weighted by molar-refractivity contribution is 0.0453. The number of ether oxygens (including phenoxy) is 1. The number of esters is 1. The number of pyridine rings is 1. The Morgan fingerprint density at radius 3 is 2.63 bits per heavy atom. The molecule has 0 fully saturated rings. The Hall–Kier alpha value is -3.59. The van der Waals surface area contributed by atoms with Crippen molar-refractivity contribution < 1.29 is 18.4 Å². The molecule has 3 aromatic heterocycles. The Bertz CT molecular complexity index is 1220. The quantitative estimate of drug-likeness (QED) is 0.442. The highest BCUT2D eigenvalue weighted by molar-refractivity contribution is 6.33. The monoisotopic (exact) mass is 427 g/mol. The summed E-state index contributed by atoms with van der Waals surface area (Å²) in [4.78, 5) is 20.9. The molecule has 0 saturated heterocycles. The third-order valence-electron chi connectivity index (χ3n) is 4.14. The van der Waals surface area contributed by atoms with Crippen molar-refractivity contribution >= 4 is 17.6 Å². The van der Waals surface area contributed by atoms with Crippen LogP contribution in [0.3, 0.4) is 0 Å². The van der Waals surface area contributed by atoms with Gasteiger partial charge in [0.25, 0.3) is 5.89 Å². The summed E-state index contributed by atoms with van der Waals surface area (Å²) >= 11 is 6.13. The van der Waals surface area contributed by atoms with Gasteiger partial charge in [0, 0.05) is 11.3 Å². The summed E-state index contributed by atoms with van der Waals surface area (Å²) in [6.45, 7) is 3.49. The van der Waals surface area contributed by atoms with E-state index in [1.165, 1.54) is 24.3 Å². The smallest absolute Gasteiger partial charge is 0.359 e. The highest BCUT2D eigenvalue weighted by atomic mass is 35.5. The predicted molar refractivity (Wildman–Crippen MR) is 105 cm³/mol. The second-order valence-corrected chi connectivity index (χ2v) is 6.84. The SMILES string of the molecule is Cc1cc(C)n(-c2ccc(Cl)c(C(=O)OCc3noc(-c4ccc(F)cc4)n3)n2)n1. The topological polar surface area (TPSA) is 95.9 Å². The molecule has 1 aromatic carbocycles. The molecule has 0 radical (unpaired) electrons. The van der Waals surface area contributed by atoms with E-state index in [-0.39, 0.29) is 34.9 Å². The maximum Gasteiger partial charge on any atom is 0.359 e. The Balaban J connectivity index is 1.49. The molecule has 0 unspecified atom stereocenters. The minimum absolute atomic E-state index is 0.0519. The summed E-state index contributed by atoms with van der Waals surface area (Å²) < 4.78 is 25.0. The van der Waals surface area contributed by atoms with Gasteiger partial charge in [0.15, 0.2) is 18.1 Å². The summed E-state index contributed by atoms with van der Waals surface area (Å²) in [5, 5.41) is 8.25. The van der Waals surface area contributed by atoms with Crippen LogP contribution in [0.4, 0.5) is 4.39 Å². The van der Waals surface area contributed by atoms with Crippen LogP contribution in [0, 0.1) is 19.7 Å². The molecule has 0 aliphatic rings. The van der Waals surface area contributed by atoms with Gasteiger partial charge < -0.3 is 9.26 Å². The van der Waals surface area contributed by atoms with Gasteiger partial charge in [-0.1, -0.05) is 16.8 Å². The fourth-order valence-corrected chi connectivity index (χ4v) is 2.96. The summed E-state index contributed by atoms with van der Waals surface area (Å²) in [7, 11) is 0. The fraction of sp³-hybridized carbons (Fsp3) is 0.150. The largest absolute Gasteiger partial charge is 0.453 e. The van der Waals surface area contributed by atoms with Gasteiger partial charge in [0.1, 0.15) is 5.82 Å². The fourth-order valence-electron chi connectivity index (χ4n) is 2.77. The minimum atomic E-state index is -0.739. The van der Waals surface area contributed by atoms with Crippen LogP contribution in [0.2, 0.25) is 5.02 Å². The van der Waals surface area contributed by atoms with E-state index in [4.69, 9.17) is 20.9 Å². The average molecular weight is 428 g/mol. The zero-order valence-corrected chi connectivity index (χ0v) is 16.7. The van der Waals surface area contributed by atoms with E-state index in [0.717, 1.165) is 11.4 Å². The highest BCUT2D eigenvalue weighted by Gasteiger charge is 2.18. The average Bonchev–Trinajstić information content (AvgIpc) is 3.33. The molecule has 152 valence electrons. The molecule has 10 heteroatoms. The normalized spacial score (nSPS) is 10.9. The highest BCUT2D eigenvalue weighted by Crippen LogP contribution is 2.20. The van der Waals surface area contributed by atoms with Crippen LogP contribution in [0.15, 0.2) is 47.0 Å². The van der Waals surface area contributed by atoms with E-state index in [9.17, 15) is 9.18 Å². The third-order valence-corrected chi connectivity index (χ3v) is 4.45. The zero-order chi connectivity index (χ0) is 21.3. The van der Waals surface area contributed by atoms with Gasteiger partial charge in [-0.3, -0.25) is 0 Å². The van der Waals surface area contributed by atoms with E-state index in [1.807, 2.05) is 19.9 Å². The number of carbonyl (C=O) groups excluding carboxylic acids is 1. The molecule has 4 aromatic rings. The van der Waals surface area contributed by atoms with Gasteiger partial charge in [-0.05, 0) is 56.3 Å². The van der Waals surface area contributed by atoms with Crippen molar-refractivity contribution in [3.63, 3.8) is 0 Å². The molecule has 0 spiro atoms. The van der Waals surface area contributed by atoms with Crippen molar-refractivity contribution in [2.75, 3.05) is 0 Å². The molecular formula is C20H15ClFN5O3. The van der Waals surface area contributed by atoms with Crippen LogP contribution in [-0.4, -0.2) is 30.9 Å². The second-order valence-electron chi connectivity index (χ2n) is 6.44. The summed E-state index contributed by atoms with van der Waals surface area (Å²) in [6.07, 6.45) is 0. The molecule has 8 nitrogen and oxygen atoms in total. The van der Waals surface area contributed by atoms with Crippen LogP contribution in [0.5, 0.6) is 0 Å². The molecule has 0 N–H and O–H groups in total. The van der Waals surface area contributed by atoms with E-state index >= 15 is 0 Å². The van der Waals surface area contributed by atoms with Gasteiger partial charge in [-0.15, -0.1) is 0 Å². The summed E-state index contributed by atoms with van der Waals surface area (Å²) in [5.41, 5.74) is 2.18. The second kappa shape index (κ2) is 8.03. The first-order chi connectivity index (χ1) is 14.4. The first-order valence-electron chi connectivity index (χ1n) is 8.86. The van der Waals surface area contributed by atoms with Crippen molar-refractivity contribution in [1.29, 1.82) is 0 Å². The van der Waals surface area contributed by atoms with Gasteiger partial charge in [-0.25, -0.2) is 18.9 Å². The van der Waals surface area contributed by atoms with Crippen LogP contribution in [0.1, 0.15) is 27.7 Å².